The summed E-state index contributed by atoms with van der Waals surface area (Å²) in [5, 5.41) is 8.92. The maximum atomic E-state index is 8.92. The van der Waals surface area contributed by atoms with Crippen LogP contribution in [0, 0.1) is 11.3 Å². The van der Waals surface area contributed by atoms with Gasteiger partial charge in [0.2, 0.25) is 0 Å². The molecule has 2 nitrogen and oxygen atoms in total. The highest BCUT2D eigenvalue weighted by Gasteiger charge is 2.03. The maximum Gasteiger partial charge on any atom is 0.118 e. The first-order chi connectivity index (χ1) is 13.8. The van der Waals surface area contributed by atoms with Crippen molar-refractivity contribution >= 4 is 0 Å². The summed E-state index contributed by atoms with van der Waals surface area (Å²) in [6.07, 6.45) is 0. The molecule has 0 saturated carbocycles. The minimum Gasteiger partial charge on any atom is -0.497 e. The van der Waals surface area contributed by atoms with E-state index >= 15 is 0 Å². The van der Waals surface area contributed by atoms with Crippen LogP contribution in [0.5, 0.6) is 5.75 Å². The van der Waals surface area contributed by atoms with Crippen molar-refractivity contribution in [2.24, 2.45) is 0 Å². The van der Waals surface area contributed by atoms with Crippen molar-refractivity contribution in [2.75, 3.05) is 7.11 Å². The smallest absolute Gasteiger partial charge is 0.118 e. The second-order valence-corrected chi connectivity index (χ2v) is 6.57. The Morgan fingerprint density at radius 1 is 0.500 bits per heavy atom. The van der Waals surface area contributed by atoms with Crippen molar-refractivity contribution in [3.05, 3.63) is 103 Å². The summed E-state index contributed by atoms with van der Waals surface area (Å²) in [5.74, 6) is 0.864. The molecule has 0 radical (unpaired) electrons. The molecular formula is C26H19NO. The molecule has 4 rings (SSSR count). The van der Waals surface area contributed by atoms with Gasteiger partial charge in [-0.25, -0.2) is 0 Å². The van der Waals surface area contributed by atoms with Gasteiger partial charge in [-0.1, -0.05) is 72.8 Å². The molecule has 0 heterocycles. The van der Waals surface area contributed by atoms with Crippen LogP contribution >= 0.6 is 0 Å². The molecule has 4 aromatic carbocycles. The summed E-state index contributed by atoms with van der Waals surface area (Å²) in [4.78, 5) is 0. The molecule has 0 fully saturated rings. The fraction of sp³-hybridized carbons (Fsp3) is 0.0385. The number of benzene rings is 4. The minimum atomic E-state index is 0.678. The molecule has 0 bridgehead atoms. The molecule has 134 valence electrons. The normalized spacial score (nSPS) is 10.3. The summed E-state index contributed by atoms with van der Waals surface area (Å²) in [5.41, 5.74) is 7.65. The zero-order valence-electron chi connectivity index (χ0n) is 15.6. The molecule has 0 aliphatic carbocycles. The van der Waals surface area contributed by atoms with Crippen LogP contribution in [0.1, 0.15) is 5.56 Å². The second-order valence-electron chi connectivity index (χ2n) is 6.57. The number of ether oxygens (including phenoxy) is 1. The third kappa shape index (κ3) is 3.65. The monoisotopic (exact) mass is 361 g/mol. The molecule has 0 amide bonds. The van der Waals surface area contributed by atoms with Gasteiger partial charge < -0.3 is 4.74 Å². The molecule has 0 aliphatic heterocycles. The third-order valence-electron chi connectivity index (χ3n) is 4.87. The molecule has 2 heteroatoms. The summed E-state index contributed by atoms with van der Waals surface area (Å²) < 4.78 is 5.22. The standard InChI is InChI=1S/C26H19NO/c1-28-26-16-14-25(15-17-26)24-12-10-23(11-13-24)22-8-6-21(7-9-22)20-4-2-19(18-27)3-5-20/h2-17H,1H3. The van der Waals surface area contributed by atoms with Gasteiger partial charge in [0, 0.05) is 0 Å². The van der Waals surface area contributed by atoms with E-state index in [1.807, 2.05) is 36.4 Å². The molecule has 0 atom stereocenters. The van der Waals surface area contributed by atoms with Gasteiger partial charge >= 0.3 is 0 Å². The largest absolute Gasteiger partial charge is 0.497 e. The lowest BCUT2D eigenvalue weighted by Crippen LogP contribution is -1.84. The van der Waals surface area contributed by atoms with E-state index in [-0.39, 0.29) is 0 Å². The van der Waals surface area contributed by atoms with Gasteiger partial charge in [0.05, 0.1) is 18.7 Å². The summed E-state index contributed by atoms with van der Waals surface area (Å²) >= 11 is 0. The molecule has 0 aromatic heterocycles. The van der Waals surface area contributed by atoms with Crippen molar-refractivity contribution in [3.8, 4) is 45.2 Å². The van der Waals surface area contributed by atoms with Crippen molar-refractivity contribution in [3.63, 3.8) is 0 Å². The van der Waals surface area contributed by atoms with Crippen molar-refractivity contribution in [1.82, 2.24) is 0 Å². The van der Waals surface area contributed by atoms with Crippen LogP contribution in [0.15, 0.2) is 97.1 Å². The molecule has 0 unspecified atom stereocenters. The fourth-order valence-electron chi connectivity index (χ4n) is 3.23. The number of rotatable bonds is 4. The summed E-state index contributed by atoms with van der Waals surface area (Å²) in [6, 6.07) is 35.0. The van der Waals surface area contributed by atoms with E-state index in [2.05, 4.69) is 66.7 Å². The first-order valence-corrected chi connectivity index (χ1v) is 9.12. The van der Waals surface area contributed by atoms with Crippen LogP contribution in [-0.4, -0.2) is 7.11 Å². The van der Waals surface area contributed by atoms with Gasteiger partial charge in [-0.05, 0) is 57.6 Å². The third-order valence-corrected chi connectivity index (χ3v) is 4.87. The molecular weight excluding hydrogens is 342 g/mol. The zero-order valence-corrected chi connectivity index (χ0v) is 15.6. The average Bonchev–Trinajstić information content (AvgIpc) is 2.79. The van der Waals surface area contributed by atoms with Gasteiger partial charge in [-0.3, -0.25) is 0 Å². The van der Waals surface area contributed by atoms with Crippen LogP contribution in [0.4, 0.5) is 0 Å². The Morgan fingerprint density at radius 3 is 1.07 bits per heavy atom. The van der Waals surface area contributed by atoms with Crippen LogP contribution in [0.3, 0.4) is 0 Å². The van der Waals surface area contributed by atoms with Crippen molar-refractivity contribution in [1.29, 1.82) is 5.26 Å². The number of nitrogens with zero attached hydrogens (tertiary/aromatic N) is 1. The fourth-order valence-corrected chi connectivity index (χ4v) is 3.23. The second kappa shape index (κ2) is 7.82. The highest BCUT2D eigenvalue weighted by atomic mass is 16.5. The van der Waals surface area contributed by atoms with Gasteiger partial charge in [-0.2, -0.15) is 5.26 Å². The lowest BCUT2D eigenvalue weighted by molar-refractivity contribution is 0.415. The van der Waals surface area contributed by atoms with E-state index in [0.717, 1.165) is 16.9 Å². The number of nitriles is 1. The molecule has 4 aromatic rings. The highest BCUT2D eigenvalue weighted by Crippen LogP contribution is 2.28. The van der Waals surface area contributed by atoms with Crippen LogP contribution in [-0.2, 0) is 0 Å². The Morgan fingerprint density at radius 2 is 0.786 bits per heavy atom. The Hall–Kier alpha value is -3.83. The van der Waals surface area contributed by atoms with Crippen LogP contribution in [0.25, 0.3) is 33.4 Å². The van der Waals surface area contributed by atoms with E-state index < -0.39 is 0 Å². The van der Waals surface area contributed by atoms with E-state index in [1.54, 1.807) is 7.11 Å². The molecule has 0 aliphatic rings. The first kappa shape index (κ1) is 17.6. The SMILES string of the molecule is COc1ccc(-c2ccc(-c3ccc(-c4ccc(C#N)cc4)cc3)cc2)cc1. The lowest BCUT2D eigenvalue weighted by Gasteiger charge is -2.07. The Bertz CT molecular complexity index is 1100. The van der Waals surface area contributed by atoms with Gasteiger partial charge in [-0.15, -0.1) is 0 Å². The Kier molecular flexibility index (Phi) is 4.91. The molecule has 28 heavy (non-hydrogen) atoms. The molecule has 0 N–H and O–H groups in total. The Balaban J connectivity index is 1.54. The van der Waals surface area contributed by atoms with Crippen LogP contribution in [0.2, 0.25) is 0 Å². The first-order valence-electron chi connectivity index (χ1n) is 9.12. The predicted octanol–water partition coefficient (Wildman–Crippen LogP) is 6.57. The van der Waals surface area contributed by atoms with E-state index in [0.29, 0.717) is 5.56 Å². The van der Waals surface area contributed by atoms with E-state index in [9.17, 15) is 0 Å². The highest BCUT2D eigenvalue weighted by molar-refractivity contribution is 5.73. The van der Waals surface area contributed by atoms with E-state index in [1.165, 1.54) is 22.3 Å². The van der Waals surface area contributed by atoms with Crippen LogP contribution < -0.4 is 4.74 Å². The maximum absolute atomic E-state index is 8.92. The van der Waals surface area contributed by atoms with Gasteiger partial charge in [0.25, 0.3) is 0 Å². The molecule has 0 spiro atoms. The van der Waals surface area contributed by atoms with Crippen molar-refractivity contribution < 1.29 is 4.74 Å². The topological polar surface area (TPSA) is 33.0 Å². The minimum absolute atomic E-state index is 0.678. The van der Waals surface area contributed by atoms with Gasteiger partial charge in [0.1, 0.15) is 5.75 Å². The van der Waals surface area contributed by atoms with E-state index in [4.69, 9.17) is 10.00 Å². The van der Waals surface area contributed by atoms with Crippen molar-refractivity contribution in [2.45, 2.75) is 0 Å². The quantitative estimate of drug-likeness (QED) is 0.412. The average molecular weight is 361 g/mol. The molecule has 0 saturated heterocycles. The summed E-state index contributed by atoms with van der Waals surface area (Å²) in [6.45, 7) is 0. The number of methoxy groups -OCH3 is 1. The summed E-state index contributed by atoms with van der Waals surface area (Å²) in [7, 11) is 1.68. The predicted molar refractivity (Wildman–Crippen MR) is 114 cm³/mol. The lowest BCUT2D eigenvalue weighted by atomic mass is 9.98. The zero-order chi connectivity index (χ0) is 19.3. The number of hydrogen-bond acceptors (Lipinski definition) is 2. The van der Waals surface area contributed by atoms with Gasteiger partial charge in [0.15, 0.2) is 0 Å². The number of hydrogen-bond donors (Lipinski definition) is 0. The Labute approximate surface area is 165 Å².